The van der Waals surface area contributed by atoms with Crippen molar-refractivity contribution in [2.45, 2.75) is 41.0 Å². The van der Waals surface area contributed by atoms with Crippen LogP contribution in [0.25, 0.3) is 31.7 Å². The molecule has 4 aromatic rings. The first-order valence-electron chi connectivity index (χ1n) is 9.18. The molecule has 0 radical (unpaired) electrons. The maximum atomic E-state index is 4.75. The number of hydrogen-bond acceptors (Lipinski definition) is 1. The molecule has 0 amide bonds. The van der Waals surface area contributed by atoms with Gasteiger partial charge in [0.15, 0.2) is 0 Å². The third-order valence-electron chi connectivity index (χ3n) is 4.66. The van der Waals surface area contributed by atoms with E-state index in [1.165, 1.54) is 43.5 Å². The van der Waals surface area contributed by atoms with Crippen molar-refractivity contribution in [3.8, 4) is 11.3 Å². The summed E-state index contributed by atoms with van der Waals surface area (Å²) in [5.41, 5.74) is 5.22. The molecular formula is C24H25NSe. The third-order valence-corrected chi connectivity index (χ3v) is 7.14. The molecule has 0 saturated carbocycles. The first-order valence-corrected chi connectivity index (χ1v) is 10.9. The number of fused-ring (bicyclic) bond motifs is 3. The fourth-order valence-corrected chi connectivity index (χ4v) is 6.77. The van der Waals surface area contributed by atoms with Crippen LogP contribution in [-0.4, -0.2) is 19.5 Å². The average Bonchev–Trinajstić information content (AvgIpc) is 2.94. The van der Waals surface area contributed by atoms with Crippen LogP contribution in [0.4, 0.5) is 0 Å². The molecular weight excluding hydrogens is 381 g/mol. The van der Waals surface area contributed by atoms with Crippen molar-refractivity contribution in [2.75, 3.05) is 0 Å². The molecule has 1 nitrogen and oxygen atoms in total. The van der Waals surface area contributed by atoms with Gasteiger partial charge in [0.05, 0.1) is 0 Å². The van der Waals surface area contributed by atoms with Crippen LogP contribution < -0.4 is 0 Å². The third kappa shape index (κ3) is 3.49. The molecule has 2 heteroatoms. The summed E-state index contributed by atoms with van der Waals surface area (Å²) in [7, 11) is 0. The van der Waals surface area contributed by atoms with Crippen molar-refractivity contribution in [1.29, 1.82) is 0 Å². The maximum absolute atomic E-state index is 4.75. The number of nitrogens with zero attached hydrogens (tertiary/aromatic N) is 1. The second-order valence-electron chi connectivity index (χ2n) is 8.60. The van der Waals surface area contributed by atoms with Crippen molar-refractivity contribution in [3.63, 3.8) is 0 Å². The van der Waals surface area contributed by atoms with Crippen LogP contribution in [0.3, 0.4) is 0 Å². The molecule has 0 aliphatic rings. The van der Waals surface area contributed by atoms with E-state index in [2.05, 4.69) is 77.1 Å². The molecule has 4 rings (SSSR count). The number of benzene rings is 2. The quantitative estimate of drug-likeness (QED) is 0.355. The van der Waals surface area contributed by atoms with Crippen molar-refractivity contribution < 1.29 is 0 Å². The van der Waals surface area contributed by atoms with Crippen LogP contribution in [-0.2, 0) is 6.42 Å². The molecule has 0 aliphatic heterocycles. The number of rotatable bonds is 2. The summed E-state index contributed by atoms with van der Waals surface area (Å²) < 4.78 is 3.14. The van der Waals surface area contributed by atoms with Crippen LogP contribution in [0.5, 0.6) is 0 Å². The Labute approximate surface area is 161 Å². The molecule has 0 N–H and O–H groups in total. The number of hydrogen-bond donors (Lipinski definition) is 0. The first kappa shape index (κ1) is 17.5. The molecule has 26 heavy (non-hydrogen) atoms. The van der Waals surface area contributed by atoms with Crippen molar-refractivity contribution in [1.82, 2.24) is 4.98 Å². The van der Waals surface area contributed by atoms with E-state index < -0.39 is 0 Å². The summed E-state index contributed by atoms with van der Waals surface area (Å²) in [6.45, 7) is 11.3. The number of aromatic nitrogens is 1. The zero-order valence-corrected chi connectivity index (χ0v) is 17.9. The van der Waals surface area contributed by atoms with Crippen LogP contribution in [0.1, 0.15) is 36.3 Å². The summed E-state index contributed by atoms with van der Waals surface area (Å²) in [4.78, 5) is 4.75. The molecule has 2 aromatic carbocycles. The van der Waals surface area contributed by atoms with Crippen molar-refractivity contribution in [2.24, 2.45) is 5.41 Å². The molecule has 0 spiro atoms. The minimum atomic E-state index is 0.344. The summed E-state index contributed by atoms with van der Waals surface area (Å²) in [5.74, 6) is 0. The summed E-state index contributed by atoms with van der Waals surface area (Å²) >= 11 is 0.420. The van der Waals surface area contributed by atoms with Gasteiger partial charge < -0.3 is 0 Å². The molecule has 2 aromatic heterocycles. The van der Waals surface area contributed by atoms with Crippen molar-refractivity contribution in [3.05, 3.63) is 64.2 Å². The van der Waals surface area contributed by atoms with Crippen LogP contribution in [0.15, 0.2) is 48.7 Å². The molecule has 0 saturated heterocycles. The van der Waals surface area contributed by atoms with E-state index in [0.717, 1.165) is 5.69 Å². The van der Waals surface area contributed by atoms with Gasteiger partial charge in [-0.3, -0.25) is 0 Å². The SMILES string of the molecule is Cc1cc(C)cc(-c2cc3c(ccc4cc(CC(C)(C)C)[se]c43)cn2)c1. The Bertz CT molecular complexity index is 1090. The van der Waals surface area contributed by atoms with Gasteiger partial charge in [0.1, 0.15) is 0 Å². The second-order valence-corrected chi connectivity index (χ2v) is 11.0. The Morgan fingerprint density at radius 2 is 1.58 bits per heavy atom. The Balaban J connectivity index is 1.89. The van der Waals surface area contributed by atoms with Gasteiger partial charge >= 0.3 is 162 Å². The van der Waals surface area contributed by atoms with Gasteiger partial charge in [-0.05, 0) is 0 Å². The van der Waals surface area contributed by atoms with Crippen LogP contribution >= 0.6 is 0 Å². The van der Waals surface area contributed by atoms with Crippen LogP contribution in [0.2, 0.25) is 0 Å². The normalized spacial score (nSPS) is 12.2. The van der Waals surface area contributed by atoms with Gasteiger partial charge in [0.2, 0.25) is 0 Å². The zero-order valence-electron chi connectivity index (χ0n) is 16.2. The van der Waals surface area contributed by atoms with Gasteiger partial charge in [-0.25, -0.2) is 0 Å². The predicted octanol–water partition coefficient (Wildman–Crippen LogP) is 6.32. The Morgan fingerprint density at radius 1 is 0.885 bits per heavy atom. The molecule has 132 valence electrons. The standard InChI is InChI=1S/C24H25NSe/c1-15-8-16(2)10-19(9-15)22-12-21-18(14-25-22)7-6-17-11-20(26-23(17)21)13-24(3,4)5/h6-12,14H,13H2,1-5H3. The van der Waals surface area contributed by atoms with Gasteiger partial charge in [0, 0.05) is 0 Å². The van der Waals surface area contributed by atoms with Gasteiger partial charge in [-0.1, -0.05) is 0 Å². The monoisotopic (exact) mass is 407 g/mol. The van der Waals surface area contributed by atoms with E-state index >= 15 is 0 Å². The van der Waals surface area contributed by atoms with E-state index in [-0.39, 0.29) is 0 Å². The summed E-state index contributed by atoms with van der Waals surface area (Å²) in [6.07, 6.45) is 3.22. The Hall–Kier alpha value is -1.89. The fourth-order valence-electron chi connectivity index (χ4n) is 3.66. The fraction of sp³-hybridized carbons (Fsp3) is 0.292. The molecule has 0 atom stereocenters. The van der Waals surface area contributed by atoms with Crippen molar-refractivity contribution >= 4 is 34.9 Å². The second kappa shape index (κ2) is 6.37. The molecule has 0 bridgehead atoms. The zero-order chi connectivity index (χ0) is 18.5. The number of aryl methyl sites for hydroxylation is 2. The predicted molar refractivity (Wildman–Crippen MR) is 114 cm³/mol. The van der Waals surface area contributed by atoms with E-state index in [4.69, 9.17) is 4.98 Å². The van der Waals surface area contributed by atoms with E-state index in [1.54, 1.807) is 4.44 Å². The first-order chi connectivity index (χ1) is 12.3. The van der Waals surface area contributed by atoms with Gasteiger partial charge in [0.25, 0.3) is 0 Å². The summed E-state index contributed by atoms with van der Waals surface area (Å²) in [5, 5.41) is 4.05. The van der Waals surface area contributed by atoms with E-state index in [0.29, 0.717) is 19.9 Å². The number of pyridine rings is 1. The summed E-state index contributed by atoms with van der Waals surface area (Å²) in [6, 6.07) is 15.9. The molecule has 2 heterocycles. The van der Waals surface area contributed by atoms with Crippen LogP contribution in [0, 0.1) is 19.3 Å². The van der Waals surface area contributed by atoms with E-state index in [1.807, 2.05) is 6.20 Å². The van der Waals surface area contributed by atoms with E-state index in [9.17, 15) is 0 Å². The molecule has 0 fully saturated rings. The Kier molecular flexibility index (Phi) is 4.29. The Morgan fingerprint density at radius 3 is 2.27 bits per heavy atom. The molecule has 0 unspecified atom stereocenters. The van der Waals surface area contributed by atoms with Gasteiger partial charge in [-0.2, -0.15) is 0 Å². The average molecular weight is 406 g/mol. The minimum absolute atomic E-state index is 0.344. The topological polar surface area (TPSA) is 12.9 Å². The van der Waals surface area contributed by atoms with Gasteiger partial charge in [-0.15, -0.1) is 0 Å². The molecule has 0 aliphatic carbocycles.